The third kappa shape index (κ3) is 7.12. The molecule has 1 aromatic heterocycles. The molecule has 0 radical (unpaired) electrons. The van der Waals surface area contributed by atoms with Crippen LogP contribution in [0.4, 0.5) is 13.2 Å². The first-order chi connectivity index (χ1) is 16.7. The van der Waals surface area contributed by atoms with Crippen LogP contribution in [0.25, 0.3) is 10.1 Å². The van der Waals surface area contributed by atoms with E-state index in [1.165, 1.54) is 30.6 Å². The smallest absolute Gasteiger partial charge is 0.416 e. The van der Waals surface area contributed by atoms with Crippen LogP contribution in [0.2, 0.25) is 0 Å². The van der Waals surface area contributed by atoms with Gasteiger partial charge in [0.25, 0.3) is 0 Å². The maximum atomic E-state index is 13.2. The number of fused-ring (bicyclic) bond motifs is 1. The zero-order valence-electron chi connectivity index (χ0n) is 20.1. The minimum Gasteiger partial charge on any atom is -0.493 e. The molecule has 3 rings (SSSR count). The molecule has 8 heteroatoms. The number of ether oxygens (including phenoxy) is 2. The Bertz CT molecular complexity index is 1160. The van der Waals surface area contributed by atoms with Gasteiger partial charge in [0.1, 0.15) is 5.75 Å². The normalized spacial score (nSPS) is 12.7. The fourth-order valence-corrected chi connectivity index (χ4v) is 6.22. The Kier molecular flexibility index (Phi) is 9.86. The molecule has 0 spiro atoms. The van der Waals surface area contributed by atoms with Crippen LogP contribution < -0.4 is 4.74 Å². The van der Waals surface area contributed by atoms with Gasteiger partial charge >= 0.3 is 12.1 Å². The number of benzene rings is 2. The number of unbranched alkanes of at least 4 members (excludes halogenated alkanes) is 1. The summed E-state index contributed by atoms with van der Waals surface area (Å²) in [5.41, 5.74) is 2.37. The summed E-state index contributed by atoms with van der Waals surface area (Å²) < 4.78 is 52.0. The molecule has 0 aliphatic carbocycles. The second-order valence-corrected chi connectivity index (χ2v) is 10.5. The highest BCUT2D eigenvalue weighted by atomic mass is 127. The zero-order valence-corrected chi connectivity index (χ0v) is 23.1. The number of carbonyl (C=O) groups is 1. The molecule has 1 atom stereocenters. The molecule has 0 aliphatic rings. The molecule has 190 valence electrons. The Balaban J connectivity index is 1.77. The zero-order chi connectivity index (χ0) is 25.6. The summed E-state index contributed by atoms with van der Waals surface area (Å²) in [6.45, 7) is 4.66. The molecule has 0 bridgehead atoms. The van der Waals surface area contributed by atoms with Gasteiger partial charge in [-0.1, -0.05) is 60.6 Å². The van der Waals surface area contributed by atoms with E-state index in [-0.39, 0.29) is 18.3 Å². The Morgan fingerprint density at radius 3 is 2.57 bits per heavy atom. The number of esters is 1. The first-order valence-corrected chi connectivity index (χ1v) is 14.0. The van der Waals surface area contributed by atoms with Crippen LogP contribution in [0.15, 0.2) is 36.4 Å². The quantitative estimate of drug-likeness (QED) is 0.123. The summed E-state index contributed by atoms with van der Waals surface area (Å²) in [5.74, 6) is 0.742. The average molecular weight is 618 g/mol. The summed E-state index contributed by atoms with van der Waals surface area (Å²) in [7, 11) is 1.38. The standard InChI is InChI=1S/C27H30F3IO3S/c1-4-5-6-19(26-17(2)22-9-8-21(27(28,29)30)15-24(22)35-26)11-12-34-23-10-7-18(13-20(23)16-31)14-25(32)33-3/h7-10,13,15,19H,4-6,11-12,14,16H2,1-3H3. The maximum Gasteiger partial charge on any atom is 0.416 e. The Labute approximate surface area is 222 Å². The van der Waals surface area contributed by atoms with Crippen molar-refractivity contribution in [1.29, 1.82) is 0 Å². The van der Waals surface area contributed by atoms with Gasteiger partial charge in [-0.05, 0) is 60.4 Å². The first kappa shape index (κ1) is 27.8. The lowest BCUT2D eigenvalue weighted by Crippen LogP contribution is -2.08. The average Bonchev–Trinajstić information content (AvgIpc) is 3.16. The van der Waals surface area contributed by atoms with Gasteiger partial charge in [0.05, 0.1) is 25.7 Å². The van der Waals surface area contributed by atoms with E-state index < -0.39 is 11.7 Å². The van der Waals surface area contributed by atoms with E-state index >= 15 is 0 Å². The first-order valence-electron chi connectivity index (χ1n) is 11.7. The van der Waals surface area contributed by atoms with Crippen molar-refractivity contribution < 1.29 is 27.4 Å². The fourth-order valence-electron chi connectivity index (χ4n) is 4.21. The summed E-state index contributed by atoms with van der Waals surface area (Å²) >= 11 is 3.75. The van der Waals surface area contributed by atoms with Gasteiger partial charge < -0.3 is 9.47 Å². The number of halogens is 4. The largest absolute Gasteiger partial charge is 0.493 e. The molecular weight excluding hydrogens is 588 g/mol. The minimum atomic E-state index is -4.34. The van der Waals surface area contributed by atoms with Crippen molar-refractivity contribution in [2.24, 2.45) is 0 Å². The van der Waals surface area contributed by atoms with Crippen LogP contribution in [-0.4, -0.2) is 19.7 Å². The van der Waals surface area contributed by atoms with Crippen molar-refractivity contribution in [3.8, 4) is 5.75 Å². The molecule has 0 saturated heterocycles. The number of thiophene rings is 1. The van der Waals surface area contributed by atoms with Gasteiger partial charge in [0.2, 0.25) is 0 Å². The van der Waals surface area contributed by atoms with Gasteiger partial charge in [-0.2, -0.15) is 13.2 Å². The number of alkyl halides is 4. The van der Waals surface area contributed by atoms with Crippen molar-refractivity contribution >= 4 is 50.0 Å². The number of carbonyl (C=O) groups excluding carboxylic acids is 1. The van der Waals surface area contributed by atoms with Crippen molar-refractivity contribution in [3.05, 3.63) is 63.5 Å². The van der Waals surface area contributed by atoms with Gasteiger partial charge in [-0.3, -0.25) is 4.79 Å². The molecule has 2 aromatic carbocycles. The van der Waals surface area contributed by atoms with Crippen molar-refractivity contribution in [1.82, 2.24) is 0 Å². The number of hydrogen-bond donors (Lipinski definition) is 0. The Morgan fingerprint density at radius 1 is 1.14 bits per heavy atom. The second-order valence-electron chi connectivity index (χ2n) is 8.60. The molecule has 1 unspecified atom stereocenters. The van der Waals surface area contributed by atoms with Crippen molar-refractivity contribution in [2.45, 2.75) is 62.5 Å². The molecule has 1 heterocycles. The van der Waals surface area contributed by atoms with E-state index in [0.717, 1.165) is 62.8 Å². The third-order valence-electron chi connectivity index (χ3n) is 6.15. The summed E-state index contributed by atoms with van der Waals surface area (Å²) in [4.78, 5) is 12.7. The van der Waals surface area contributed by atoms with E-state index in [1.807, 2.05) is 25.1 Å². The van der Waals surface area contributed by atoms with E-state index in [4.69, 9.17) is 9.47 Å². The Hall–Kier alpha value is -1.81. The predicted octanol–water partition coefficient (Wildman–Crippen LogP) is 8.62. The van der Waals surface area contributed by atoms with Gasteiger partial charge in [0.15, 0.2) is 0 Å². The molecule has 3 aromatic rings. The number of aryl methyl sites for hydroxylation is 1. The van der Waals surface area contributed by atoms with Gasteiger partial charge in [-0.15, -0.1) is 11.3 Å². The molecule has 3 nitrogen and oxygen atoms in total. The number of rotatable bonds is 11. The second kappa shape index (κ2) is 12.4. The highest BCUT2D eigenvalue weighted by molar-refractivity contribution is 14.1. The number of methoxy groups -OCH3 is 1. The highest BCUT2D eigenvalue weighted by Crippen LogP contribution is 2.41. The topological polar surface area (TPSA) is 35.5 Å². The molecule has 0 N–H and O–H groups in total. The van der Waals surface area contributed by atoms with Gasteiger partial charge in [-0.25, -0.2) is 0 Å². The van der Waals surface area contributed by atoms with E-state index in [9.17, 15) is 18.0 Å². The fraction of sp³-hybridized carbons (Fsp3) is 0.444. The van der Waals surface area contributed by atoms with E-state index in [1.54, 1.807) is 6.07 Å². The molecular formula is C27H30F3IO3S. The molecule has 0 aliphatic heterocycles. The summed E-state index contributed by atoms with van der Waals surface area (Å²) in [6, 6.07) is 9.80. The molecule has 35 heavy (non-hydrogen) atoms. The monoisotopic (exact) mass is 618 g/mol. The predicted molar refractivity (Wildman–Crippen MR) is 144 cm³/mol. The van der Waals surface area contributed by atoms with E-state index in [0.29, 0.717) is 11.3 Å². The van der Waals surface area contributed by atoms with Crippen molar-refractivity contribution in [3.63, 3.8) is 0 Å². The minimum absolute atomic E-state index is 0.223. The SMILES string of the molecule is CCCCC(CCOc1ccc(CC(=O)OC)cc1CI)c1sc2cc(C(F)(F)F)ccc2c1C. The maximum absolute atomic E-state index is 13.2. The molecule has 0 fully saturated rings. The third-order valence-corrected chi connectivity index (χ3v) is 8.39. The van der Waals surface area contributed by atoms with Crippen LogP contribution in [0.1, 0.15) is 65.7 Å². The van der Waals surface area contributed by atoms with Crippen LogP contribution in [0, 0.1) is 6.92 Å². The van der Waals surface area contributed by atoms with Gasteiger partial charge in [0, 0.05) is 19.6 Å². The lowest BCUT2D eigenvalue weighted by Gasteiger charge is -2.18. The lowest BCUT2D eigenvalue weighted by molar-refractivity contribution is -0.140. The van der Waals surface area contributed by atoms with Crippen LogP contribution in [0.5, 0.6) is 5.75 Å². The Morgan fingerprint density at radius 2 is 1.91 bits per heavy atom. The summed E-state index contributed by atoms with van der Waals surface area (Å²) in [6.07, 6.45) is -0.264. The van der Waals surface area contributed by atoms with E-state index in [2.05, 4.69) is 29.5 Å². The van der Waals surface area contributed by atoms with Crippen molar-refractivity contribution in [2.75, 3.05) is 13.7 Å². The lowest BCUT2D eigenvalue weighted by atomic mass is 9.94. The summed E-state index contributed by atoms with van der Waals surface area (Å²) in [5, 5.41) is 0.897. The molecule has 0 amide bonds. The van der Waals surface area contributed by atoms with Crippen LogP contribution in [0.3, 0.4) is 0 Å². The molecule has 0 saturated carbocycles. The highest BCUT2D eigenvalue weighted by Gasteiger charge is 2.31. The van der Waals surface area contributed by atoms with Crippen LogP contribution >= 0.6 is 33.9 Å². The van der Waals surface area contributed by atoms with Crippen LogP contribution in [-0.2, 0) is 26.6 Å². The number of hydrogen-bond acceptors (Lipinski definition) is 4.